The Morgan fingerprint density at radius 2 is 2.22 bits per heavy atom. The van der Waals surface area contributed by atoms with Crippen LogP contribution in [0.4, 0.5) is 5.69 Å². The summed E-state index contributed by atoms with van der Waals surface area (Å²) in [5, 5.41) is 0. The van der Waals surface area contributed by atoms with Crippen LogP contribution >= 0.6 is 15.9 Å². The van der Waals surface area contributed by atoms with Gasteiger partial charge in [0.1, 0.15) is 0 Å². The van der Waals surface area contributed by atoms with Crippen molar-refractivity contribution in [3.8, 4) is 0 Å². The van der Waals surface area contributed by atoms with Crippen LogP contribution in [-0.2, 0) is 14.8 Å². The predicted octanol–water partition coefficient (Wildman–Crippen LogP) is 1.44. The van der Waals surface area contributed by atoms with E-state index < -0.39 is 10.0 Å². The van der Waals surface area contributed by atoms with Crippen LogP contribution in [0.2, 0.25) is 0 Å². The number of anilines is 1. The molecule has 7 heteroatoms. The zero-order chi connectivity index (χ0) is 13.3. The molecule has 1 fully saturated rings. The second kappa shape index (κ2) is 5.16. The first-order valence-corrected chi connectivity index (χ1v) is 7.81. The lowest BCUT2D eigenvalue weighted by Crippen LogP contribution is -2.44. The van der Waals surface area contributed by atoms with Crippen LogP contribution in [0.25, 0.3) is 0 Å². The topological polar surface area (TPSA) is 72.6 Å². The van der Waals surface area contributed by atoms with Crippen LogP contribution in [0.5, 0.6) is 0 Å². The van der Waals surface area contributed by atoms with Crippen molar-refractivity contribution in [1.29, 1.82) is 0 Å². The summed E-state index contributed by atoms with van der Waals surface area (Å²) in [6.45, 7) is 3.03. The van der Waals surface area contributed by atoms with Crippen molar-refractivity contribution >= 4 is 31.6 Å². The maximum absolute atomic E-state index is 12.4. The maximum atomic E-state index is 12.4. The third kappa shape index (κ3) is 2.69. The Balaban J connectivity index is 2.32. The summed E-state index contributed by atoms with van der Waals surface area (Å²) in [5.41, 5.74) is 6.13. The molecule has 0 spiro atoms. The molecule has 1 unspecified atom stereocenters. The molecule has 0 aliphatic carbocycles. The van der Waals surface area contributed by atoms with E-state index in [1.54, 1.807) is 12.1 Å². The van der Waals surface area contributed by atoms with Crippen molar-refractivity contribution < 1.29 is 13.2 Å². The minimum absolute atomic E-state index is 0.0821. The number of rotatable bonds is 2. The summed E-state index contributed by atoms with van der Waals surface area (Å²) < 4.78 is 32.3. The van der Waals surface area contributed by atoms with Crippen molar-refractivity contribution in [3.63, 3.8) is 0 Å². The van der Waals surface area contributed by atoms with Gasteiger partial charge in [-0.1, -0.05) is 0 Å². The molecule has 5 nitrogen and oxygen atoms in total. The molecule has 2 N–H and O–H groups in total. The Labute approximate surface area is 115 Å². The van der Waals surface area contributed by atoms with Gasteiger partial charge in [-0.25, -0.2) is 8.42 Å². The minimum Gasteiger partial charge on any atom is -0.398 e. The van der Waals surface area contributed by atoms with E-state index in [1.807, 2.05) is 6.92 Å². The van der Waals surface area contributed by atoms with E-state index in [9.17, 15) is 8.42 Å². The number of nitrogen functional groups attached to an aromatic ring is 1. The first kappa shape index (κ1) is 13.8. The van der Waals surface area contributed by atoms with Crippen LogP contribution in [-0.4, -0.2) is 38.5 Å². The second-order valence-electron chi connectivity index (χ2n) is 4.23. The maximum Gasteiger partial charge on any atom is 0.243 e. The highest BCUT2D eigenvalue weighted by Gasteiger charge is 2.29. The average Bonchev–Trinajstić information content (AvgIpc) is 2.32. The fourth-order valence-electron chi connectivity index (χ4n) is 1.84. The summed E-state index contributed by atoms with van der Waals surface area (Å²) in [6.07, 6.45) is -0.0821. The van der Waals surface area contributed by atoms with E-state index in [1.165, 1.54) is 10.4 Å². The molecule has 0 saturated carbocycles. The van der Waals surface area contributed by atoms with Gasteiger partial charge in [-0.05, 0) is 41.1 Å². The molecular weight excluding hydrogens is 320 g/mol. The summed E-state index contributed by atoms with van der Waals surface area (Å²) in [6, 6.07) is 4.67. The summed E-state index contributed by atoms with van der Waals surface area (Å²) in [7, 11) is -3.48. The molecule has 18 heavy (non-hydrogen) atoms. The third-order valence-electron chi connectivity index (χ3n) is 2.81. The minimum atomic E-state index is -3.48. The summed E-state index contributed by atoms with van der Waals surface area (Å²) in [4.78, 5) is 0.220. The van der Waals surface area contributed by atoms with Gasteiger partial charge in [0.25, 0.3) is 0 Å². The van der Waals surface area contributed by atoms with E-state index >= 15 is 0 Å². The normalized spacial score (nSPS) is 22.0. The lowest BCUT2D eigenvalue weighted by Gasteiger charge is -2.30. The number of sulfonamides is 1. The van der Waals surface area contributed by atoms with E-state index in [-0.39, 0.29) is 11.0 Å². The zero-order valence-electron chi connectivity index (χ0n) is 9.97. The predicted molar refractivity (Wildman–Crippen MR) is 72.7 cm³/mol. The van der Waals surface area contributed by atoms with Crippen LogP contribution in [0.15, 0.2) is 27.6 Å². The fraction of sp³-hybridized carbons (Fsp3) is 0.455. The van der Waals surface area contributed by atoms with Gasteiger partial charge in [0.15, 0.2) is 0 Å². The molecule has 1 saturated heterocycles. The fourth-order valence-corrected chi connectivity index (χ4v) is 3.62. The SMILES string of the molecule is CC1CN(S(=O)(=O)c2ccc(Br)c(N)c2)CCO1. The molecule has 2 rings (SSSR count). The van der Waals surface area contributed by atoms with Gasteiger partial charge >= 0.3 is 0 Å². The van der Waals surface area contributed by atoms with Crippen molar-refractivity contribution in [2.45, 2.75) is 17.9 Å². The van der Waals surface area contributed by atoms with Crippen molar-refractivity contribution in [2.75, 3.05) is 25.4 Å². The molecule has 1 aromatic rings. The van der Waals surface area contributed by atoms with Gasteiger partial charge in [-0.2, -0.15) is 4.31 Å². The number of hydrogen-bond acceptors (Lipinski definition) is 4. The molecule has 1 atom stereocenters. The van der Waals surface area contributed by atoms with Crippen molar-refractivity contribution in [1.82, 2.24) is 4.31 Å². The van der Waals surface area contributed by atoms with Crippen LogP contribution in [0.3, 0.4) is 0 Å². The third-order valence-corrected chi connectivity index (χ3v) is 5.39. The van der Waals surface area contributed by atoms with E-state index in [0.29, 0.717) is 29.9 Å². The standard InChI is InChI=1S/C11H15BrN2O3S/c1-8-7-14(4-5-17-8)18(15,16)9-2-3-10(12)11(13)6-9/h2-3,6,8H,4-5,7,13H2,1H3. The van der Waals surface area contributed by atoms with Crippen molar-refractivity contribution in [3.05, 3.63) is 22.7 Å². The van der Waals surface area contributed by atoms with Gasteiger partial charge in [0.2, 0.25) is 10.0 Å². The van der Waals surface area contributed by atoms with Gasteiger partial charge in [-0.15, -0.1) is 0 Å². The number of ether oxygens (including phenoxy) is 1. The second-order valence-corrected chi connectivity index (χ2v) is 7.02. The molecule has 1 aliphatic heterocycles. The largest absolute Gasteiger partial charge is 0.398 e. The van der Waals surface area contributed by atoms with Crippen LogP contribution in [0.1, 0.15) is 6.92 Å². The number of benzene rings is 1. The van der Waals surface area contributed by atoms with Gasteiger partial charge in [0, 0.05) is 23.2 Å². The molecule has 1 aliphatic rings. The molecule has 0 bridgehead atoms. The van der Waals surface area contributed by atoms with Crippen LogP contribution < -0.4 is 5.73 Å². The first-order chi connectivity index (χ1) is 8.41. The molecule has 100 valence electrons. The number of nitrogens with zero attached hydrogens (tertiary/aromatic N) is 1. The van der Waals surface area contributed by atoms with Gasteiger partial charge in [-0.3, -0.25) is 0 Å². The molecule has 0 aromatic heterocycles. The number of hydrogen-bond donors (Lipinski definition) is 1. The van der Waals surface area contributed by atoms with E-state index in [4.69, 9.17) is 10.5 Å². The van der Waals surface area contributed by atoms with E-state index in [0.717, 1.165) is 0 Å². The Hall–Kier alpha value is -0.630. The Morgan fingerprint density at radius 1 is 1.50 bits per heavy atom. The van der Waals surface area contributed by atoms with Gasteiger partial charge < -0.3 is 10.5 Å². The molecule has 0 amide bonds. The number of nitrogens with two attached hydrogens (primary N) is 1. The Kier molecular flexibility index (Phi) is 3.96. The molecular formula is C11H15BrN2O3S. The number of halogens is 1. The smallest absolute Gasteiger partial charge is 0.243 e. The summed E-state index contributed by atoms with van der Waals surface area (Å²) >= 11 is 3.25. The highest BCUT2D eigenvalue weighted by molar-refractivity contribution is 9.10. The molecule has 0 radical (unpaired) electrons. The lowest BCUT2D eigenvalue weighted by molar-refractivity contribution is 0.0102. The molecule has 1 heterocycles. The highest BCUT2D eigenvalue weighted by Crippen LogP contribution is 2.25. The van der Waals surface area contributed by atoms with Crippen molar-refractivity contribution in [2.24, 2.45) is 0 Å². The zero-order valence-corrected chi connectivity index (χ0v) is 12.4. The molecule has 1 aromatic carbocycles. The Morgan fingerprint density at radius 3 is 2.83 bits per heavy atom. The Bertz CT molecular complexity index is 547. The number of morpholine rings is 1. The first-order valence-electron chi connectivity index (χ1n) is 5.58. The summed E-state index contributed by atoms with van der Waals surface area (Å²) in [5.74, 6) is 0. The monoisotopic (exact) mass is 334 g/mol. The highest BCUT2D eigenvalue weighted by atomic mass is 79.9. The van der Waals surface area contributed by atoms with E-state index in [2.05, 4.69) is 15.9 Å². The van der Waals surface area contributed by atoms with Gasteiger partial charge in [0.05, 0.1) is 17.6 Å². The quantitative estimate of drug-likeness (QED) is 0.830. The van der Waals surface area contributed by atoms with Crippen LogP contribution in [0, 0.1) is 0 Å². The average molecular weight is 335 g/mol. The lowest BCUT2D eigenvalue weighted by atomic mass is 10.3.